The molecule has 36 heavy (non-hydrogen) atoms. The summed E-state index contributed by atoms with van der Waals surface area (Å²) in [5.74, 6) is 0.607. The van der Waals surface area contributed by atoms with Crippen LogP contribution in [0.15, 0.2) is 60.9 Å². The Morgan fingerprint density at radius 3 is 2.17 bits per heavy atom. The lowest BCUT2D eigenvalue weighted by molar-refractivity contribution is -0.123. The maximum Gasteiger partial charge on any atom is 0.238 e. The van der Waals surface area contributed by atoms with E-state index in [1.165, 1.54) is 19.4 Å². The number of hydrogen-bond donors (Lipinski definition) is 2. The Hall–Kier alpha value is -4.08. The number of anilines is 2. The largest absolute Gasteiger partial charge is 0.493 e. The van der Waals surface area contributed by atoms with Gasteiger partial charge in [-0.2, -0.15) is 0 Å². The molecule has 184 valence electrons. The first-order valence-corrected chi connectivity index (χ1v) is 11.3. The van der Waals surface area contributed by atoms with Gasteiger partial charge in [-0.1, -0.05) is 23.2 Å². The highest BCUT2D eigenvalue weighted by Gasteiger charge is 2.15. The van der Waals surface area contributed by atoms with Crippen molar-refractivity contribution in [3.63, 3.8) is 0 Å². The van der Waals surface area contributed by atoms with E-state index in [1.807, 2.05) is 0 Å². The van der Waals surface area contributed by atoms with E-state index < -0.39 is 18.2 Å². The van der Waals surface area contributed by atoms with Crippen LogP contribution in [0.5, 0.6) is 23.1 Å². The fourth-order valence-corrected chi connectivity index (χ4v) is 3.63. The second-order valence-corrected chi connectivity index (χ2v) is 8.27. The third kappa shape index (κ3) is 5.94. The van der Waals surface area contributed by atoms with Gasteiger partial charge < -0.3 is 24.8 Å². The first-order valence-electron chi connectivity index (χ1n) is 10.6. The van der Waals surface area contributed by atoms with Crippen molar-refractivity contribution in [2.75, 3.05) is 24.9 Å². The number of fused-ring (bicyclic) bond motifs is 1. The lowest BCUT2D eigenvalue weighted by atomic mass is 10.2. The van der Waals surface area contributed by atoms with E-state index in [1.54, 1.807) is 55.8 Å². The van der Waals surface area contributed by atoms with Crippen LogP contribution in [-0.4, -0.2) is 36.0 Å². The van der Waals surface area contributed by atoms with Crippen molar-refractivity contribution in [2.24, 2.45) is 0 Å². The average molecular weight is 527 g/mol. The van der Waals surface area contributed by atoms with E-state index >= 15 is 0 Å². The molecule has 0 bridgehead atoms. The molecule has 2 aromatic carbocycles. The molecule has 2 N–H and O–H groups in total. The number of rotatable bonds is 8. The van der Waals surface area contributed by atoms with Gasteiger partial charge >= 0.3 is 0 Å². The Bertz CT molecular complexity index is 1430. The fraction of sp³-hybridized carbons (Fsp3) is 0.120. The van der Waals surface area contributed by atoms with Crippen molar-refractivity contribution in [2.45, 2.75) is 6.42 Å². The highest BCUT2D eigenvalue weighted by Crippen LogP contribution is 2.38. The van der Waals surface area contributed by atoms with Crippen LogP contribution in [0.3, 0.4) is 0 Å². The predicted molar refractivity (Wildman–Crippen MR) is 137 cm³/mol. The number of halogens is 2. The van der Waals surface area contributed by atoms with Crippen LogP contribution in [0.2, 0.25) is 10.0 Å². The molecular weight excluding hydrogens is 507 g/mol. The van der Waals surface area contributed by atoms with Crippen LogP contribution >= 0.6 is 23.2 Å². The number of nitrogens with one attached hydrogen (secondary N) is 2. The fourth-order valence-electron chi connectivity index (χ4n) is 3.30. The van der Waals surface area contributed by atoms with Gasteiger partial charge in [-0.05, 0) is 42.5 Å². The normalized spacial score (nSPS) is 10.6. The monoisotopic (exact) mass is 526 g/mol. The third-order valence-electron chi connectivity index (χ3n) is 4.95. The Labute approximate surface area is 216 Å². The zero-order valence-corrected chi connectivity index (χ0v) is 20.7. The third-order valence-corrected chi connectivity index (χ3v) is 5.48. The van der Waals surface area contributed by atoms with Crippen molar-refractivity contribution < 1.29 is 23.8 Å². The summed E-state index contributed by atoms with van der Waals surface area (Å²) in [6.45, 7) is 0. The topological polar surface area (TPSA) is 112 Å². The number of benzene rings is 2. The minimum atomic E-state index is -0.533. The first kappa shape index (κ1) is 25.0. The minimum Gasteiger partial charge on any atom is -0.493 e. The van der Waals surface area contributed by atoms with E-state index in [-0.39, 0.29) is 10.9 Å². The van der Waals surface area contributed by atoms with Gasteiger partial charge in [0.1, 0.15) is 17.2 Å². The van der Waals surface area contributed by atoms with Gasteiger partial charge in [0.15, 0.2) is 11.5 Å². The molecule has 2 aromatic heterocycles. The van der Waals surface area contributed by atoms with E-state index in [4.69, 9.17) is 37.4 Å². The van der Waals surface area contributed by atoms with Gasteiger partial charge in [0.05, 0.1) is 31.6 Å². The number of hydrogen-bond acceptors (Lipinski definition) is 7. The molecule has 0 aliphatic carbocycles. The van der Waals surface area contributed by atoms with E-state index in [0.29, 0.717) is 44.5 Å². The van der Waals surface area contributed by atoms with Crippen LogP contribution in [0.25, 0.3) is 10.9 Å². The quantitative estimate of drug-likeness (QED) is 0.282. The Morgan fingerprint density at radius 2 is 1.50 bits per heavy atom. The van der Waals surface area contributed by atoms with Crippen molar-refractivity contribution in [3.05, 3.63) is 71.0 Å². The maximum atomic E-state index is 12.3. The van der Waals surface area contributed by atoms with Crippen LogP contribution in [0.1, 0.15) is 6.42 Å². The number of pyridine rings is 2. The molecule has 2 amide bonds. The van der Waals surface area contributed by atoms with Crippen molar-refractivity contribution >= 4 is 57.3 Å². The molecule has 11 heteroatoms. The smallest absolute Gasteiger partial charge is 0.238 e. The van der Waals surface area contributed by atoms with Crippen LogP contribution in [0.4, 0.5) is 11.4 Å². The SMILES string of the molecule is COc1cc2nccc(Oc3ncc(NC(=O)CC(=O)Nc4ccc(Cl)cc4)cc3Cl)c2cc1OC. The molecule has 0 aliphatic rings. The second-order valence-electron chi connectivity index (χ2n) is 7.43. The highest BCUT2D eigenvalue weighted by atomic mass is 35.5. The summed E-state index contributed by atoms with van der Waals surface area (Å²) in [6, 6.07) is 13.2. The van der Waals surface area contributed by atoms with Crippen LogP contribution in [-0.2, 0) is 9.59 Å². The minimum absolute atomic E-state index is 0.123. The highest BCUT2D eigenvalue weighted by molar-refractivity contribution is 6.32. The van der Waals surface area contributed by atoms with Crippen molar-refractivity contribution in [1.29, 1.82) is 0 Å². The Morgan fingerprint density at radius 1 is 0.833 bits per heavy atom. The summed E-state index contributed by atoms with van der Waals surface area (Å²) in [5, 5.41) is 6.58. The summed E-state index contributed by atoms with van der Waals surface area (Å²) < 4.78 is 16.6. The first-order chi connectivity index (χ1) is 17.4. The number of methoxy groups -OCH3 is 2. The number of amides is 2. The zero-order chi connectivity index (χ0) is 25.7. The molecule has 4 aromatic rings. The number of aromatic nitrogens is 2. The molecule has 0 aliphatic heterocycles. The maximum absolute atomic E-state index is 12.3. The standard InChI is InChI=1S/C25H20Cl2N4O5/c1-34-21-10-17-19(11-22(21)35-2)28-8-7-20(17)36-25-18(27)9-16(13-29-25)31-24(33)12-23(32)30-15-5-3-14(26)4-6-15/h3-11,13H,12H2,1-2H3,(H,30,32)(H,31,33). The van der Waals surface area contributed by atoms with E-state index in [2.05, 4.69) is 20.6 Å². The summed E-state index contributed by atoms with van der Waals surface area (Å²) in [5.41, 5.74) is 1.47. The summed E-state index contributed by atoms with van der Waals surface area (Å²) >= 11 is 12.2. The Kier molecular flexibility index (Phi) is 7.72. The van der Waals surface area contributed by atoms with Gasteiger partial charge in [-0.3, -0.25) is 14.6 Å². The number of nitrogens with zero attached hydrogens (tertiary/aromatic N) is 2. The molecule has 0 unspecified atom stereocenters. The van der Waals surface area contributed by atoms with Gasteiger partial charge in [0.2, 0.25) is 17.7 Å². The molecule has 2 heterocycles. The van der Waals surface area contributed by atoms with Gasteiger partial charge in [-0.25, -0.2) is 4.98 Å². The summed E-state index contributed by atoms with van der Waals surface area (Å²) in [7, 11) is 3.08. The zero-order valence-electron chi connectivity index (χ0n) is 19.2. The second kappa shape index (κ2) is 11.1. The molecule has 0 atom stereocenters. The van der Waals surface area contributed by atoms with Gasteiger partial charge in [0.25, 0.3) is 0 Å². The van der Waals surface area contributed by atoms with E-state index in [0.717, 1.165) is 0 Å². The molecule has 0 saturated carbocycles. The van der Waals surface area contributed by atoms with Gasteiger partial charge in [-0.15, -0.1) is 0 Å². The molecule has 0 saturated heterocycles. The van der Waals surface area contributed by atoms with Crippen molar-refractivity contribution in [1.82, 2.24) is 9.97 Å². The lowest BCUT2D eigenvalue weighted by Crippen LogP contribution is -2.21. The predicted octanol–water partition coefficient (Wildman–Crippen LogP) is 5.71. The van der Waals surface area contributed by atoms with Gasteiger partial charge in [0, 0.05) is 28.4 Å². The lowest BCUT2D eigenvalue weighted by Gasteiger charge is -2.13. The molecule has 4 rings (SSSR count). The molecule has 9 nitrogen and oxygen atoms in total. The number of ether oxygens (including phenoxy) is 3. The van der Waals surface area contributed by atoms with E-state index in [9.17, 15) is 9.59 Å². The molecular formula is C25H20Cl2N4O5. The number of carbonyl (C=O) groups excluding carboxylic acids is 2. The van der Waals surface area contributed by atoms with Crippen LogP contribution < -0.4 is 24.8 Å². The Balaban J connectivity index is 1.44. The molecule has 0 fully saturated rings. The molecule has 0 radical (unpaired) electrons. The van der Waals surface area contributed by atoms with Crippen LogP contribution in [0, 0.1) is 0 Å². The van der Waals surface area contributed by atoms with Crippen molar-refractivity contribution in [3.8, 4) is 23.1 Å². The average Bonchev–Trinajstić information content (AvgIpc) is 2.86. The molecule has 0 spiro atoms. The summed E-state index contributed by atoms with van der Waals surface area (Å²) in [6.07, 6.45) is 2.57. The number of carbonyl (C=O) groups is 2. The summed E-state index contributed by atoms with van der Waals surface area (Å²) in [4.78, 5) is 33.0.